The molecule has 0 aromatic rings. The monoisotopic (exact) mass is 113 g/mol. The van der Waals surface area contributed by atoms with Gasteiger partial charge in [-0.25, -0.2) is 0 Å². The fraction of sp³-hybridized carbons (Fsp3) is 0.400. The molecule has 0 aliphatic carbocycles. The standard InChI is InChI=1S/C5H7NS/c7-5-2-1-3-6-4-5/h1-3,5,7H,4H2. The van der Waals surface area contributed by atoms with Crippen molar-refractivity contribution in [1.82, 2.24) is 0 Å². The molecule has 1 aliphatic rings. The van der Waals surface area contributed by atoms with Crippen LogP contribution in [0.2, 0.25) is 0 Å². The number of aliphatic imine (C=N–C) groups is 1. The number of allylic oxidation sites excluding steroid dienone is 1. The zero-order valence-corrected chi connectivity index (χ0v) is 4.81. The van der Waals surface area contributed by atoms with Crippen LogP contribution in [0.3, 0.4) is 0 Å². The summed E-state index contributed by atoms with van der Waals surface area (Å²) in [6.45, 7) is 0.833. The third-order valence-corrected chi connectivity index (χ3v) is 1.15. The zero-order valence-electron chi connectivity index (χ0n) is 3.91. The van der Waals surface area contributed by atoms with Crippen molar-refractivity contribution < 1.29 is 0 Å². The molecule has 38 valence electrons. The topological polar surface area (TPSA) is 12.4 Å². The molecular formula is C5H7NS. The van der Waals surface area contributed by atoms with Crippen molar-refractivity contribution in [1.29, 1.82) is 0 Å². The number of nitrogens with zero attached hydrogens (tertiary/aromatic N) is 1. The Morgan fingerprint density at radius 3 is 2.86 bits per heavy atom. The minimum Gasteiger partial charge on any atom is -0.292 e. The number of hydrogen-bond acceptors (Lipinski definition) is 2. The van der Waals surface area contributed by atoms with Gasteiger partial charge in [0.25, 0.3) is 0 Å². The van der Waals surface area contributed by atoms with E-state index in [-0.39, 0.29) is 0 Å². The molecule has 1 nitrogen and oxygen atoms in total. The Hall–Kier alpha value is -0.240. The fourth-order valence-electron chi connectivity index (χ4n) is 0.469. The number of hydrogen-bond donors (Lipinski definition) is 1. The summed E-state index contributed by atoms with van der Waals surface area (Å²) in [4.78, 5) is 3.97. The van der Waals surface area contributed by atoms with Crippen LogP contribution in [0.1, 0.15) is 0 Å². The van der Waals surface area contributed by atoms with E-state index in [1.807, 2.05) is 12.2 Å². The van der Waals surface area contributed by atoms with Crippen LogP contribution in [0.4, 0.5) is 0 Å². The maximum absolute atomic E-state index is 4.16. The molecule has 1 heterocycles. The predicted molar refractivity (Wildman–Crippen MR) is 35.3 cm³/mol. The minimum absolute atomic E-state index is 0.352. The van der Waals surface area contributed by atoms with Gasteiger partial charge in [0.2, 0.25) is 0 Å². The van der Waals surface area contributed by atoms with Crippen molar-refractivity contribution >= 4 is 18.8 Å². The van der Waals surface area contributed by atoms with E-state index < -0.39 is 0 Å². The van der Waals surface area contributed by atoms with E-state index in [9.17, 15) is 0 Å². The van der Waals surface area contributed by atoms with Gasteiger partial charge in [-0.2, -0.15) is 12.6 Å². The second-order valence-corrected chi connectivity index (χ2v) is 2.13. The molecule has 2 heteroatoms. The molecule has 1 atom stereocenters. The summed E-state index contributed by atoms with van der Waals surface area (Å²) in [5.74, 6) is 0. The van der Waals surface area contributed by atoms with Gasteiger partial charge in [0.1, 0.15) is 0 Å². The summed E-state index contributed by atoms with van der Waals surface area (Å²) < 4.78 is 0. The van der Waals surface area contributed by atoms with Crippen molar-refractivity contribution in [2.24, 2.45) is 4.99 Å². The van der Waals surface area contributed by atoms with Gasteiger partial charge >= 0.3 is 0 Å². The highest BCUT2D eigenvalue weighted by Crippen LogP contribution is 1.99. The quantitative estimate of drug-likeness (QED) is 0.449. The van der Waals surface area contributed by atoms with Crippen LogP contribution >= 0.6 is 12.6 Å². The van der Waals surface area contributed by atoms with Gasteiger partial charge < -0.3 is 0 Å². The van der Waals surface area contributed by atoms with E-state index >= 15 is 0 Å². The Morgan fingerprint density at radius 2 is 2.57 bits per heavy atom. The summed E-state index contributed by atoms with van der Waals surface area (Å²) in [6.07, 6.45) is 5.74. The summed E-state index contributed by atoms with van der Waals surface area (Å²) in [5.41, 5.74) is 0. The van der Waals surface area contributed by atoms with Crippen LogP contribution in [0.5, 0.6) is 0 Å². The Morgan fingerprint density at radius 1 is 1.71 bits per heavy atom. The van der Waals surface area contributed by atoms with Crippen LogP contribution in [0, 0.1) is 0 Å². The van der Waals surface area contributed by atoms with Gasteiger partial charge in [0, 0.05) is 11.5 Å². The summed E-state index contributed by atoms with van der Waals surface area (Å²) in [7, 11) is 0. The molecule has 0 saturated carbocycles. The SMILES string of the molecule is SC1C=CC=NC1. The molecule has 7 heavy (non-hydrogen) atoms. The molecule has 1 rings (SSSR count). The lowest BCUT2D eigenvalue weighted by atomic mass is 10.3. The molecule has 0 spiro atoms. The number of dihydropyridines is 1. The molecule has 0 bridgehead atoms. The smallest absolute Gasteiger partial charge is 0.0540 e. The van der Waals surface area contributed by atoms with Crippen LogP contribution < -0.4 is 0 Å². The van der Waals surface area contributed by atoms with Crippen molar-refractivity contribution in [2.45, 2.75) is 5.25 Å². The van der Waals surface area contributed by atoms with Gasteiger partial charge in [-0.15, -0.1) is 0 Å². The summed E-state index contributed by atoms with van der Waals surface area (Å²) >= 11 is 4.16. The Balaban J connectivity index is 2.49. The highest BCUT2D eigenvalue weighted by molar-refractivity contribution is 7.81. The molecule has 0 amide bonds. The molecule has 0 N–H and O–H groups in total. The first-order valence-electron chi connectivity index (χ1n) is 2.24. The zero-order chi connectivity index (χ0) is 5.11. The average Bonchev–Trinajstić information content (AvgIpc) is 1.69. The van der Waals surface area contributed by atoms with Crippen LogP contribution in [-0.2, 0) is 0 Å². The first-order valence-corrected chi connectivity index (χ1v) is 2.76. The maximum Gasteiger partial charge on any atom is 0.0540 e. The lowest BCUT2D eigenvalue weighted by Gasteiger charge is -2.01. The van der Waals surface area contributed by atoms with E-state index in [0.717, 1.165) is 6.54 Å². The molecule has 0 aromatic heterocycles. The lowest BCUT2D eigenvalue weighted by Crippen LogP contribution is -2.01. The maximum atomic E-state index is 4.16. The van der Waals surface area contributed by atoms with Gasteiger partial charge in [-0.3, -0.25) is 4.99 Å². The third-order valence-electron chi connectivity index (χ3n) is 0.817. The van der Waals surface area contributed by atoms with E-state index in [1.54, 1.807) is 6.21 Å². The minimum atomic E-state index is 0.352. The predicted octanol–water partition coefficient (Wildman–Crippen LogP) is 0.925. The molecular weight excluding hydrogens is 106 g/mol. The first-order chi connectivity index (χ1) is 3.39. The van der Waals surface area contributed by atoms with Crippen molar-refractivity contribution in [3.8, 4) is 0 Å². The lowest BCUT2D eigenvalue weighted by molar-refractivity contribution is 1.03. The number of rotatable bonds is 0. The van der Waals surface area contributed by atoms with E-state index in [1.165, 1.54) is 0 Å². The van der Waals surface area contributed by atoms with E-state index in [2.05, 4.69) is 17.6 Å². The number of thiol groups is 1. The second-order valence-electron chi connectivity index (χ2n) is 1.47. The second kappa shape index (κ2) is 2.17. The van der Waals surface area contributed by atoms with E-state index in [0.29, 0.717) is 5.25 Å². The van der Waals surface area contributed by atoms with Gasteiger partial charge in [0.05, 0.1) is 6.54 Å². The largest absolute Gasteiger partial charge is 0.292 e. The summed E-state index contributed by atoms with van der Waals surface area (Å²) in [6, 6.07) is 0. The normalized spacial score (nSPS) is 28.4. The molecule has 0 radical (unpaired) electrons. The summed E-state index contributed by atoms with van der Waals surface area (Å²) in [5, 5.41) is 0.352. The highest BCUT2D eigenvalue weighted by atomic mass is 32.1. The Bertz CT molecular complexity index is 107. The van der Waals surface area contributed by atoms with Gasteiger partial charge in [-0.1, -0.05) is 6.08 Å². The van der Waals surface area contributed by atoms with Gasteiger partial charge in [0.15, 0.2) is 0 Å². The van der Waals surface area contributed by atoms with Crippen LogP contribution in [-0.4, -0.2) is 18.0 Å². The third kappa shape index (κ3) is 1.35. The average molecular weight is 113 g/mol. The van der Waals surface area contributed by atoms with Gasteiger partial charge in [-0.05, 0) is 6.08 Å². The van der Waals surface area contributed by atoms with Crippen molar-refractivity contribution in [3.63, 3.8) is 0 Å². The molecule has 1 unspecified atom stereocenters. The highest BCUT2D eigenvalue weighted by Gasteiger charge is 1.95. The first kappa shape index (κ1) is 4.91. The van der Waals surface area contributed by atoms with E-state index in [4.69, 9.17) is 0 Å². The Kier molecular flexibility index (Phi) is 1.52. The Labute approximate surface area is 48.6 Å². The molecule has 1 aliphatic heterocycles. The molecule has 0 aromatic carbocycles. The molecule has 0 fully saturated rings. The van der Waals surface area contributed by atoms with Crippen LogP contribution in [0.15, 0.2) is 17.1 Å². The van der Waals surface area contributed by atoms with Crippen LogP contribution in [0.25, 0.3) is 0 Å². The molecule has 0 saturated heterocycles. The fourth-order valence-corrected chi connectivity index (χ4v) is 0.662. The van der Waals surface area contributed by atoms with Crippen molar-refractivity contribution in [2.75, 3.05) is 6.54 Å². The van der Waals surface area contributed by atoms with Crippen molar-refractivity contribution in [3.05, 3.63) is 12.2 Å².